The van der Waals surface area contributed by atoms with Crippen LogP contribution in [-0.2, 0) is 0 Å². The van der Waals surface area contributed by atoms with Gasteiger partial charge in [-0.05, 0) is 35.4 Å². The second-order valence-electron chi connectivity index (χ2n) is 3.84. The highest BCUT2D eigenvalue weighted by Gasteiger charge is 2.05. The molecule has 0 saturated heterocycles. The number of thiophene rings is 1. The van der Waals surface area contributed by atoms with Crippen molar-refractivity contribution in [3.05, 3.63) is 22.4 Å². The Hall–Kier alpha value is -0.380. The van der Waals surface area contributed by atoms with Crippen LogP contribution in [0.2, 0.25) is 0 Å². The van der Waals surface area contributed by atoms with Gasteiger partial charge in [0.15, 0.2) is 0 Å². The maximum atomic E-state index is 9.76. The fourth-order valence-electron chi connectivity index (χ4n) is 1.50. The van der Waals surface area contributed by atoms with E-state index in [0.717, 1.165) is 12.1 Å². The molecular formula is C12H21NOS. The summed E-state index contributed by atoms with van der Waals surface area (Å²) in [4.78, 5) is 0. The van der Waals surface area contributed by atoms with Gasteiger partial charge in [0.05, 0.1) is 6.10 Å². The third kappa shape index (κ3) is 5.30. The molecule has 0 bridgehead atoms. The summed E-state index contributed by atoms with van der Waals surface area (Å²) in [6.45, 7) is 3.90. The van der Waals surface area contributed by atoms with E-state index in [1.807, 2.05) is 16.8 Å². The molecule has 2 N–H and O–H groups in total. The summed E-state index contributed by atoms with van der Waals surface area (Å²) in [6, 6.07) is 1.98. The zero-order valence-electron chi connectivity index (χ0n) is 9.41. The summed E-state index contributed by atoms with van der Waals surface area (Å²) in [5.41, 5.74) is 1.03. The average Bonchev–Trinajstić information content (AvgIpc) is 2.76. The maximum absolute atomic E-state index is 9.76. The van der Waals surface area contributed by atoms with Crippen LogP contribution in [0.5, 0.6) is 0 Å². The van der Waals surface area contributed by atoms with Gasteiger partial charge in [-0.25, -0.2) is 0 Å². The van der Waals surface area contributed by atoms with Crippen molar-refractivity contribution in [3.8, 4) is 0 Å². The van der Waals surface area contributed by atoms with E-state index in [0.29, 0.717) is 6.54 Å². The first-order chi connectivity index (χ1) is 7.34. The molecule has 0 radical (unpaired) electrons. The molecule has 1 atom stereocenters. The zero-order valence-corrected chi connectivity index (χ0v) is 10.2. The molecule has 0 aliphatic carbocycles. The monoisotopic (exact) mass is 227 g/mol. The first kappa shape index (κ1) is 12.7. The second-order valence-corrected chi connectivity index (χ2v) is 4.62. The predicted octanol–water partition coefficient (Wildman–Crippen LogP) is 2.95. The molecule has 15 heavy (non-hydrogen) atoms. The summed E-state index contributed by atoms with van der Waals surface area (Å²) < 4.78 is 0. The van der Waals surface area contributed by atoms with Gasteiger partial charge in [0, 0.05) is 6.54 Å². The molecular weight excluding hydrogens is 206 g/mol. The summed E-state index contributed by atoms with van der Waals surface area (Å²) in [5, 5.41) is 17.0. The van der Waals surface area contributed by atoms with Crippen LogP contribution in [0.15, 0.2) is 16.8 Å². The van der Waals surface area contributed by atoms with Gasteiger partial charge in [-0.15, -0.1) is 0 Å². The minimum absolute atomic E-state index is 0.345. The molecule has 2 nitrogen and oxygen atoms in total. The van der Waals surface area contributed by atoms with E-state index in [1.165, 1.54) is 25.7 Å². The van der Waals surface area contributed by atoms with E-state index in [-0.39, 0.29) is 6.10 Å². The molecule has 1 unspecified atom stereocenters. The molecule has 86 valence electrons. The number of nitrogens with one attached hydrogen (secondary N) is 1. The van der Waals surface area contributed by atoms with E-state index >= 15 is 0 Å². The van der Waals surface area contributed by atoms with Crippen molar-refractivity contribution in [1.29, 1.82) is 0 Å². The van der Waals surface area contributed by atoms with Gasteiger partial charge in [0.2, 0.25) is 0 Å². The number of hydrogen-bond acceptors (Lipinski definition) is 3. The third-order valence-electron chi connectivity index (χ3n) is 2.47. The van der Waals surface area contributed by atoms with E-state index in [4.69, 9.17) is 0 Å². The van der Waals surface area contributed by atoms with Crippen LogP contribution in [0.3, 0.4) is 0 Å². The summed E-state index contributed by atoms with van der Waals surface area (Å²) in [6.07, 6.45) is 4.75. The molecule has 0 aliphatic heterocycles. The smallest absolute Gasteiger partial charge is 0.0922 e. The van der Waals surface area contributed by atoms with Crippen molar-refractivity contribution >= 4 is 11.3 Å². The highest BCUT2D eigenvalue weighted by molar-refractivity contribution is 7.07. The van der Waals surface area contributed by atoms with Crippen LogP contribution < -0.4 is 5.32 Å². The van der Waals surface area contributed by atoms with E-state index in [2.05, 4.69) is 12.2 Å². The van der Waals surface area contributed by atoms with Crippen molar-refractivity contribution < 1.29 is 5.11 Å². The van der Waals surface area contributed by atoms with Gasteiger partial charge in [-0.2, -0.15) is 11.3 Å². The molecule has 1 aromatic heterocycles. The van der Waals surface area contributed by atoms with E-state index in [9.17, 15) is 5.11 Å². The van der Waals surface area contributed by atoms with Crippen LogP contribution in [0.1, 0.15) is 44.3 Å². The molecule has 0 aliphatic rings. The molecule has 3 heteroatoms. The highest BCUT2D eigenvalue weighted by Crippen LogP contribution is 2.14. The molecule has 1 aromatic rings. The number of unbranched alkanes of at least 4 members (excludes halogenated alkanes) is 3. The third-order valence-corrected chi connectivity index (χ3v) is 3.17. The van der Waals surface area contributed by atoms with Crippen molar-refractivity contribution in [2.75, 3.05) is 13.1 Å². The number of hydrogen-bond donors (Lipinski definition) is 2. The standard InChI is InChI=1S/C12H21NOS/c1-2-3-4-5-7-13-9-12(14)11-6-8-15-10-11/h6,8,10,12-14H,2-5,7,9H2,1H3. The van der Waals surface area contributed by atoms with Crippen molar-refractivity contribution in [2.24, 2.45) is 0 Å². The van der Waals surface area contributed by atoms with Gasteiger partial charge in [0.25, 0.3) is 0 Å². The molecule has 1 heterocycles. The molecule has 1 rings (SSSR count). The summed E-state index contributed by atoms with van der Waals surface area (Å²) in [7, 11) is 0. The van der Waals surface area contributed by atoms with Crippen LogP contribution in [0.25, 0.3) is 0 Å². The molecule has 0 aromatic carbocycles. The zero-order chi connectivity index (χ0) is 10.9. The van der Waals surface area contributed by atoms with Crippen LogP contribution in [0, 0.1) is 0 Å². The van der Waals surface area contributed by atoms with Crippen molar-refractivity contribution in [2.45, 2.75) is 38.7 Å². The van der Waals surface area contributed by atoms with Crippen LogP contribution in [0.4, 0.5) is 0 Å². The Morgan fingerprint density at radius 3 is 2.93 bits per heavy atom. The topological polar surface area (TPSA) is 32.3 Å². The Balaban J connectivity index is 2.00. The predicted molar refractivity (Wildman–Crippen MR) is 66.3 cm³/mol. The Bertz CT molecular complexity index is 236. The minimum atomic E-state index is -0.345. The first-order valence-electron chi connectivity index (χ1n) is 5.75. The van der Waals surface area contributed by atoms with Gasteiger partial charge >= 0.3 is 0 Å². The van der Waals surface area contributed by atoms with Crippen LogP contribution >= 0.6 is 11.3 Å². The summed E-state index contributed by atoms with van der Waals surface area (Å²) >= 11 is 1.63. The lowest BCUT2D eigenvalue weighted by Crippen LogP contribution is -2.22. The number of aliphatic hydroxyl groups is 1. The molecule has 0 saturated carbocycles. The highest BCUT2D eigenvalue weighted by atomic mass is 32.1. The van der Waals surface area contributed by atoms with Gasteiger partial charge in [-0.3, -0.25) is 0 Å². The number of rotatable bonds is 8. The molecule has 0 fully saturated rings. The Morgan fingerprint density at radius 2 is 2.27 bits per heavy atom. The van der Waals surface area contributed by atoms with Crippen molar-refractivity contribution in [1.82, 2.24) is 5.32 Å². The SMILES string of the molecule is CCCCCCNCC(O)c1ccsc1. The molecule has 0 amide bonds. The second kappa shape index (κ2) is 7.85. The lowest BCUT2D eigenvalue weighted by molar-refractivity contribution is 0.175. The maximum Gasteiger partial charge on any atom is 0.0922 e. The van der Waals surface area contributed by atoms with Gasteiger partial charge < -0.3 is 10.4 Å². The first-order valence-corrected chi connectivity index (χ1v) is 6.69. The number of aliphatic hydroxyl groups excluding tert-OH is 1. The fourth-order valence-corrected chi connectivity index (χ4v) is 2.21. The van der Waals surface area contributed by atoms with Crippen LogP contribution in [-0.4, -0.2) is 18.2 Å². The Morgan fingerprint density at radius 1 is 1.40 bits per heavy atom. The summed E-state index contributed by atoms with van der Waals surface area (Å²) in [5.74, 6) is 0. The van der Waals surface area contributed by atoms with Gasteiger partial charge in [-0.1, -0.05) is 26.2 Å². The van der Waals surface area contributed by atoms with E-state index in [1.54, 1.807) is 11.3 Å². The van der Waals surface area contributed by atoms with Crippen molar-refractivity contribution in [3.63, 3.8) is 0 Å². The van der Waals surface area contributed by atoms with Gasteiger partial charge in [0.1, 0.15) is 0 Å². The lowest BCUT2D eigenvalue weighted by Gasteiger charge is -2.10. The fraction of sp³-hybridized carbons (Fsp3) is 0.667. The molecule has 0 spiro atoms. The minimum Gasteiger partial charge on any atom is -0.387 e. The Labute approximate surface area is 96.3 Å². The lowest BCUT2D eigenvalue weighted by atomic mass is 10.2. The van der Waals surface area contributed by atoms with E-state index < -0.39 is 0 Å². The largest absolute Gasteiger partial charge is 0.387 e. The quantitative estimate of drug-likeness (QED) is 0.669. The average molecular weight is 227 g/mol. The normalized spacial score (nSPS) is 12.9. The Kier molecular flexibility index (Phi) is 6.64.